The van der Waals surface area contributed by atoms with E-state index in [4.69, 9.17) is 5.73 Å². The van der Waals surface area contributed by atoms with Gasteiger partial charge in [0.1, 0.15) is 5.84 Å². The minimum atomic E-state index is -0.599. The van der Waals surface area contributed by atoms with Crippen LogP contribution in [0.5, 0.6) is 0 Å². The van der Waals surface area contributed by atoms with Gasteiger partial charge >= 0.3 is 6.03 Å². The molecule has 5 heteroatoms. The molecule has 0 saturated heterocycles. The number of nitrogens with zero attached hydrogens (tertiary/aromatic N) is 1. The lowest BCUT2D eigenvalue weighted by Gasteiger charge is -2.01. The molecule has 98 valence electrons. The molecule has 0 spiro atoms. The molecule has 0 bridgehead atoms. The fraction of sp³-hybridized carbons (Fsp3) is 0.231. The van der Waals surface area contributed by atoms with Crippen LogP contribution in [0, 0.1) is 0 Å². The van der Waals surface area contributed by atoms with E-state index in [0.717, 1.165) is 12.0 Å². The summed E-state index contributed by atoms with van der Waals surface area (Å²) in [6.45, 7) is 2.68. The first-order chi connectivity index (χ1) is 8.22. The van der Waals surface area contributed by atoms with Gasteiger partial charge in [-0.25, -0.2) is 4.79 Å². The summed E-state index contributed by atoms with van der Waals surface area (Å²) in [7, 11) is 0. The molecular formula is C13H18ClN3O. The Morgan fingerprint density at radius 1 is 1.39 bits per heavy atom. The smallest absolute Gasteiger partial charge is 0.317 e. The number of carbonyl (C=O) groups excluding carboxylic acids is 1. The molecule has 0 heterocycles. The van der Waals surface area contributed by atoms with E-state index in [2.05, 4.69) is 10.3 Å². The molecule has 0 fully saturated rings. The lowest BCUT2D eigenvalue weighted by Crippen LogP contribution is -2.34. The normalized spacial score (nSPS) is 11.1. The van der Waals surface area contributed by atoms with Crippen LogP contribution in [-0.4, -0.2) is 18.4 Å². The van der Waals surface area contributed by atoms with E-state index in [1.54, 1.807) is 6.08 Å². The number of urea groups is 1. The van der Waals surface area contributed by atoms with Gasteiger partial charge < -0.3 is 5.73 Å². The quantitative estimate of drug-likeness (QED) is 0.639. The van der Waals surface area contributed by atoms with E-state index in [1.165, 1.54) is 0 Å². The average Bonchev–Trinajstić information content (AvgIpc) is 2.33. The zero-order valence-corrected chi connectivity index (χ0v) is 11.1. The van der Waals surface area contributed by atoms with Crippen LogP contribution < -0.4 is 11.1 Å². The van der Waals surface area contributed by atoms with Gasteiger partial charge in [0.15, 0.2) is 0 Å². The SMILES string of the molecule is CCCN=C(/C=C/c1ccccc1)NC(N)=O.Cl. The first-order valence-electron chi connectivity index (χ1n) is 5.56. The number of amidine groups is 1. The second-order valence-electron chi connectivity index (χ2n) is 3.50. The van der Waals surface area contributed by atoms with Crippen LogP contribution in [0.3, 0.4) is 0 Å². The standard InChI is InChI=1S/C13H17N3O.ClH/c1-2-10-15-12(16-13(14)17)9-8-11-6-4-3-5-7-11;/h3-9H,2,10H2,1H3,(H3,14,15,16,17);1H/b9-8+;. The van der Waals surface area contributed by atoms with Gasteiger partial charge in [0.25, 0.3) is 0 Å². The van der Waals surface area contributed by atoms with Crippen molar-refractivity contribution < 1.29 is 4.79 Å². The Hall–Kier alpha value is -1.81. The minimum Gasteiger partial charge on any atom is -0.351 e. The Kier molecular flexibility index (Phi) is 8.31. The monoisotopic (exact) mass is 267 g/mol. The number of nitrogens with two attached hydrogens (primary N) is 1. The van der Waals surface area contributed by atoms with Crippen molar-refractivity contribution in [3.05, 3.63) is 42.0 Å². The van der Waals surface area contributed by atoms with Gasteiger partial charge in [0.05, 0.1) is 0 Å². The summed E-state index contributed by atoms with van der Waals surface area (Å²) < 4.78 is 0. The van der Waals surface area contributed by atoms with Crippen LogP contribution in [0.15, 0.2) is 41.4 Å². The van der Waals surface area contributed by atoms with Crippen molar-refractivity contribution >= 4 is 30.3 Å². The van der Waals surface area contributed by atoms with E-state index in [0.29, 0.717) is 12.4 Å². The molecule has 0 aliphatic carbocycles. The number of benzene rings is 1. The van der Waals surface area contributed by atoms with Crippen LogP contribution in [-0.2, 0) is 0 Å². The predicted octanol–water partition coefficient (Wildman–Crippen LogP) is 2.60. The number of hydrogen-bond donors (Lipinski definition) is 2. The summed E-state index contributed by atoms with van der Waals surface area (Å²) >= 11 is 0. The van der Waals surface area contributed by atoms with Crippen molar-refractivity contribution in [2.75, 3.05) is 6.54 Å². The van der Waals surface area contributed by atoms with E-state index in [1.807, 2.05) is 43.3 Å². The molecule has 2 amide bonds. The molecule has 1 aromatic carbocycles. The zero-order valence-electron chi connectivity index (χ0n) is 10.3. The van der Waals surface area contributed by atoms with Crippen LogP contribution >= 0.6 is 12.4 Å². The number of amides is 2. The number of halogens is 1. The zero-order chi connectivity index (χ0) is 12.5. The number of aliphatic imine (C=N–C) groups is 1. The Balaban J connectivity index is 0.00000289. The fourth-order valence-electron chi connectivity index (χ4n) is 1.23. The molecule has 0 atom stereocenters. The molecule has 0 aromatic heterocycles. The average molecular weight is 268 g/mol. The first-order valence-corrected chi connectivity index (χ1v) is 5.56. The molecular weight excluding hydrogens is 250 g/mol. The lowest BCUT2D eigenvalue weighted by molar-refractivity contribution is 0.253. The number of hydrogen-bond acceptors (Lipinski definition) is 2. The van der Waals surface area contributed by atoms with E-state index >= 15 is 0 Å². The molecule has 0 radical (unpaired) electrons. The minimum absolute atomic E-state index is 0. The van der Waals surface area contributed by atoms with Gasteiger partial charge in [-0.3, -0.25) is 10.3 Å². The van der Waals surface area contributed by atoms with Crippen LogP contribution in [0.4, 0.5) is 4.79 Å². The summed E-state index contributed by atoms with van der Waals surface area (Å²) in [6.07, 6.45) is 4.54. The van der Waals surface area contributed by atoms with E-state index < -0.39 is 6.03 Å². The van der Waals surface area contributed by atoms with Crippen molar-refractivity contribution in [1.29, 1.82) is 0 Å². The third-order valence-electron chi connectivity index (χ3n) is 1.99. The maximum absolute atomic E-state index is 10.8. The maximum atomic E-state index is 10.8. The molecule has 1 rings (SSSR count). The van der Waals surface area contributed by atoms with Crippen molar-refractivity contribution in [1.82, 2.24) is 5.32 Å². The lowest BCUT2D eigenvalue weighted by atomic mass is 10.2. The summed E-state index contributed by atoms with van der Waals surface area (Å²) in [6, 6.07) is 9.19. The summed E-state index contributed by atoms with van der Waals surface area (Å²) in [5.41, 5.74) is 6.11. The Labute approximate surface area is 113 Å². The molecule has 0 aliphatic rings. The van der Waals surface area contributed by atoms with Crippen molar-refractivity contribution in [3.8, 4) is 0 Å². The van der Waals surface area contributed by atoms with Crippen molar-refractivity contribution in [2.24, 2.45) is 10.7 Å². The third kappa shape index (κ3) is 6.70. The molecule has 0 unspecified atom stereocenters. The van der Waals surface area contributed by atoms with Crippen LogP contribution in [0.2, 0.25) is 0 Å². The predicted molar refractivity (Wildman–Crippen MR) is 78.0 cm³/mol. The number of carbonyl (C=O) groups is 1. The number of nitrogens with one attached hydrogen (secondary N) is 1. The van der Waals surface area contributed by atoms with E-state index in [-0.39, 0.29) is 12.4 Å². The van der Waals surface area contributed by atoms with Crippen molar-refractivity contribution in [2.45, 2.75) is 13.3 Å². The van der Waals surface area contributed by atoms with Crippen LogP contribution in [0.1, 0.15) is 18.9 Å². The first kappa shape index (κ1) is 16.2. The molecule has 0 saturated carbocycles. The molecule has 3 N–H and O–H groups in total. The molecule has 0 aliphatic heterocycles. The van der Waals surface area contributed by atoms with Gasteiger partial charge in [-0.05, 0) is 18.1 Å². The third-order valence-corrected chi connectivity index (χ3v) is 1.99. The second kappa shape index (κ2) is 9.24. The van der Waals surface area contributed by atoms with Crippen molar-refractivity contribution in [3.63, 3.8) is 0 Å². The van der Waals surface area contributed by atoms with Gasteiger partial charge in [-0.2, -0.15) is 0 Å². The Morgan fingerprint density at radius 3 is 2.61 bits per heavy atom. The molecule has 18 heavy (non-hydrogen) atoms. The van der Waals surface area contributed by atoms with E-state index in [9.17, 15) is 4.79 Å². The van der Waals surface area contributed by atoms with Gasteiger partial charge in [0.2, 0.25) is 0 Å². The largest absolute Gasteiger partial charge is 0.351 e. The molecule has 1 aromatic rings. The second-order valence-corrected chi connectivity index (χ2v) is 3.50. The molecule has 4 nitrogen and oxygen atoms in total. The van der Waals surface area contributed by atoms with Gasteiger partial charge in [-0.1, -0.05) is 43.3 Å². The number of rotatable bonds is 4. The highest BCUT2D eigenvalue weighted by Crippen LogP contribution is 2.00. The van der Waals surface area contributed by atoms with Crippen LogP contribution in [0.25, 0.3) is 6.08 Å². The van der Waals surface area contributed by atoms with Gasteiger partial charge in [-0.15, -0.1) is 12.4 Å². The highest BCUT2D eigenvalue weighted by Gasteiger charge is 1.96. The summed E-state index contributed by atoms with van der Waals surface area (Å²) in [4.78, 5) is 15.0. The number of primary amides is 1. The topological polar surface area (TPSA) is 67.5 Å². The highest BCUT2D eigenvalue weighted by molar-refractivity contribution is 6.05. The summed E-state index contributed by atoms with van der Waals surface area (Å²) in [5, 5.41) is 2.49. The Bertz CT molecular complexity index is 416. The maximum Gasteiger partial charge on any atom is 0.317 e. The summed E-state index contributed by atoms with van der Waals surface area (Å²) in [5.74, 6) is 0.489. The Morgan fingerprint density at radius 2 is 2.06 bits per heavy atom. The van der Waals surface area contributed by atoms with Gasteiger partial charge in [0, 0.05) is 6.54 Å². The fourth-order valence-corrected chi connectivity index (χ4v) is 1.23. The highest BCUT2D eigenvalue weighted by atomic mass is 35.5.